The molecule has 0 saturated heterocycles. The number of nitrogens with zero attached hydrogens (tertiary/aromatic N) is 1. The van der Waals surface area contributed by atoms with Gasteiger partial charge >= 0.3 is 0 Å². The number of hydrogen-bond acceptors (Lipinski definition) is 4. The lowest BCUT2D eigenvalue weighted by atomic mass is 10.1. The molecular weight excluding hydrogens is 196 g/mol. The van der Waals surface area contributed by atoms with E-state index in [0.717, 1.165) is 0 Å². The maximum absolute atomic E-state index is 11.8. The summed E-state index contributed by atoms with van der Waals surface area (Å²) in [6.45, 7) is 0. The lowest BCUT2D eigenvalue weighted by molar-refractivity contribution is 0.104. The summed E-state index contributed by atoms with van der Waals surface area (Å²) in [7, 11) is 0. The molecule has 14 heavy (non-hydrogen) atoms. The van der Waals surface area contributed by atoms with Crippen LogP contribution in [-0.4, -0.2) is 10.8 Å². The van der Waals surface area contributed by atoms with Crippen molar-refractivity contribution in [2.45, 2.75) is 0 Å². The molecule has 0 radical (unpaired) electrons. The number of hydrogen-bond donors (Lipinski definition) is 1. The summed E-state index contributed by atoms with van der Waals surface area (Å²) in [5, 5.41) is 1.76. The number of nitrogen functional groups attached to an aromatic ring is 1. The summed E-state index contributed by atoms with van der Waals surface area (Å²) in [5.41, 5.74) is 6.81. The fourth-order valence-corrected chi connectivity index (χ4v) is 1.88. The molecule has 0 spiro atoms. The van der Waals surface area contributed by atoms with Crippen molar-refractivity contribution in [1.82, 2.24) is 4.98 Å². The van der Waals surface area contributed by atoms with E-state index in [4.69, 9.17) is 5.73 Å². The molecule has 70 valence electrons. The van der Waals surface area contributed by atoms with E-state index in [1.54, 1.807) is 36.0 Å². The highest BCUT2D eigenvalue weighted by Crippen LogP contribution is 2.19. The number of carbonyl (C=O) groups excluding carboxylic acids is 1. The number of aromatic nitrogens is 1. The van der Waals surface area contributed by atoms with Crippen molar-refractivity contribution in [3.8, 4) is 0 Å². The smallest absolute Gasteiger partial charge is 0.203 e. The second-order valence-electron chi connectivity index (χ2n) is 2.81. The third kappa shape index (κ3) is 1.65. The quantitative estimate of drug-likeness (QED) is 0.761. The van der Waals surface area contributed by atoms with Crippen molar-refractivity contribution in [3.05, 3.63) is 46.4 Å². The highest BCUT2D eigenvalue weighted by Gasteiger charge is 2.10. The van der Waals surface area contributed by atoms with Crippen LogP contribution in [0.1, 0.15) is 15.2 Å². The molecule has 0 aliphatic carbocycles. The Balaban J connectivity index is 2.34. The van der Waals surface area contributed by atoms with Gasteiger partial charge in [0.25, 0.3) is 0 Å². The molecule has 2 heterocycles. The fourth-order valence-electron chi connectivity index (χ4n) is 1.12. The molecule has 2 N–H and O–H groups in total. The van der Waals surface area contributed by atoms with Crippen molar-refractivity contribution in [2.75, 3.05) is 5.73 Å². The van der Waals surface area contributed by atoms with E-state index in [9.17, 15) is 4.79 Å². The first-order chi connectivity index (χ1) is 6.77. The largest absolute Gasteiger partial charge is 0.398 e. The van der Waals surface area contributed by atoms with Gasteiger partial charge in [-0.15, -0.1) is 11.3 Å². The van der Waals surface area contributed by atoms with Gasteiger partial charge in [-0.1, -0.05) is 0 Å². The van der Waals surface area contributed by atoms with Gasteiger partial charge in [0.15, 0.2) is 0 Å². The van der Waals surface area contributed by atoms with Crippen molar-refractivity contribution >= 4 is 22.8 Å². The van der Waals surface area contributed by atoms with Crippen LogP contribution in [0.2, 0.25) is 0 Å². The summed E-state index contributed by atoms with van der Waals surface area (Å²) in [5.74, 6) is -0.00546. The summed E-state index contributed by atoms with van der Waals surface area (Å²) in [6, 6.07) is 5.07. The van der Waals surface area contributed by atoms with Gasteiger partial charge < -0.3 is 5.73 Å². The zero-order chi connectivity index (χ0) is 9.97. The summed E-state index contributed by atoms with van der Waals surface area (Å²) >= 11 is 1.36. The Morgan fingerprint density at radius 2 is 2.07 bits per heavy atom. The summed E-state index contributed by atoms with van der Waals surface area (Å²) in [4.78, 5) is 16.3. The molecule has 2 aromatic heterocycles. The van der Waals surface area contributed by atoms with Crippen LogP contribution in [0.5, 0.6) is 0 Å². The first kappa shape index (κ1) is 8.90. The Morgan fingerprint density at radius 3 is 2.64 bits per heavy atom. The number of rotatable bonds is 2. The van der Waals surface area contributed by atoms with Crippen LogP contribution in [0, 0.1) is 0 Å². The molecule has 0 saturated carbocycles. The average Bonchev–Trinajstić information content (AvgIpc) is 2.65. The lowest BCUT2D eigenvalue weighted by Gasteiger charge is -1.95. The van der Waals surface area contributed by atoms with Gasteiger partial charge in [0.1, 0.15) is 0 Å². The minimum atomic E-state index is -0.00546. The molecule has 2 aromatic rings. The van der Waals surface area contributed by atoms with Crippen LogP contribution < -0.4 is 5.73 Å². The second-order valence-corrected chi connectivity index (χ2v) is 3.72. The fraction of sp³-hybridized carbons (Fsp3) is 0. The zero-order valence-corrected chi connectivity index (χ0v) is 8.12. The molecule has 0 fully saturated rings. The van der Waals surface area contributed by atoms with Gasteiger partial charge in [-0.2, -0.15) is 0 Å². The van der Waals surface area contributed by atoms with Crippen LogP contribution in [0.25, 0.3) is 0 Å². The summed E-state index contributed by atoms with van der Waals surface area (Å²) in [6.07, 6.45) is 3.20. The van der Waals surface area contributed by atoms with Crippen LogP contribution in [0.3, 0.4) is 0 Å². The minimum Gasteiger partial charge on any atom is -0.398 e. The van der Waals surface area contributed by atoms with Gasteiger partial charge in [0.2, 0.25) is 5.78 Å². The van der Waals surface area contributed by atoms with Crippen LogP contribution >= 0.6 is 11.3 Å². The third-order valence-electron chi connectivity index (χ3n) is 1.79. The Bertz CT molecular complexity index is 450. The molecule has 0 aliphatic heterocycles. The van der Waals surface area contributed by atoms with Gasteiger partial charge in [0.05, 0.1) is 4.88 Å². The molecule has 4 heteroatoms. The van der Waals surface area contributed by atoms with E-state index in [1.165, 1.54) is 11.3 Å². The average molecular weight is 204 g/mol. The van der Waals surface area contributed by atoms with E-state index in [0.29, 0.717) is 16.1 Å². The van der Waals surface area contributed by atoms with Crippen molar-refractivity contribution in [3.63, 3.8) is 0 Å². The predicted octanol–water partition coefficient (Wildman–Crippen LogP) is 1.96. The Hall–Kier alpha value is -1.68. The molecule has 0 aliphatic rings. The molecule has 0 bridgehead atoms. The van der Waals surface area contributed by atoms with Crippen LogP contribution in [-0.2, 0) is 0 Å². The second kappa shape index (κ2) is 3.59. The lowest BCUT2D eigenvalue weighted by Crippen LogP contribution is -1.98. The zero-order valence-electron chi connectivity index (χ0n) is 7.31. The van der Waals surface area contributed by atoms with Crippen molar-refractivity contribution in [2.24, 2.45) is 0 Å². The van der Waals surface area contributed by atoms with E-state index < -0.39 is 0 Å². The van der Waals surface area contributed by atoms with Gasteiger partial charge in [-0.3, -0.25) is 9.78 Å². The molecule has 0 unspecified atom stereocenters. The maximum atomic E-state index is 11.8. The van der Waals surface area contributed by atoms with E-state index >= 15 is 0 Å². The topological polar surface area (TPSA) is 56.0 Å². The van der Waals surface area contributed by atoms with E-state index in [2.05, 4.69) is 4.98 Å². The SMILES string of the molecule is Nc1csc(C(=O)c2ccncc2)c1. The highest BCUT2D eigenvalue weighted by molar-refractivity contribution is 7.12. The number of ketones is 1. The maximum Gasteiger partial charge on any atom is 0.203 e. The minimum absolute atomic E-state index is 0.00546. The number of carbonyl (C=O) groups is 1. The van der Waals surface area contributed by atoms with Crippen LogP contribution in [0.4, 0.5) is 5.69 Å². The van der Waals surface area contributed by atoms with Gasteiger partial charge in [0, 0.05) is 29.0 Å². The van der Waals surface area contributed by atoms with Crippen LogP contribution in [0.15, 0.2) is 36.0 Å². The Labute approximate surface area is 85.2 Å². The van der Waals surface area contributed by atoms with Crippen molar-refractivity contribution in [1.29, 1.82) is 0 Å². The monoisotopic (exact) mass is 204 g/mol. The summed E-state index contributed by atoms with van der Waals surface area (Å²) < 4.78 is 0. The first-order valence-corrected chi connectivity index (χ1v) is 4.94. The van der Waals surface area contributed by atoms with E-state index in [1.807, 2.05) is 0 Å². The first-order valence-electron chi connectivity index (χ1n) is 4.06. The molecule has 0 aromatic carbocycles. The third-order valence-corrected chi connectivity index (χ3v) is 2.73. The highest BCUT2D eigenvalue weighted by atomic mass is 32.1. The standard InChI is InChI=1S/C10H8N2OS/c11-8-5-9(14-6-8)10(13)7-1-3-12-4-2-7/h1-6H,11H2. The molecule has 0 amide bonds. The Morgan fingerprint density at radius 1 is 1.36 bits per heavy atom. The number of nitrogens with two attached hydrogens (primary N) is 1. The normalized spacial score (nSPS) is 10.0. The molecule has 0 atom stereocenters. The van der Waals surface area contributed by atoms with Gasteiger partial charge in [-0.05, 0) is 18.2 Å². The number of anilines is 1. The Kier molecular flexibility index (Phi) is 2.28. The number of thiophene rings is 1. The predicted molar refractivity (Wildman–Crippen MR) is 56.4 cm³/mol. The molecule has 3 nitrogen and oxygen atoms in total. The number of pyridine rings is 1. The molecular formula is C10H8N2OS. The van der Waals surface area contributed by atoms with Crippen molar-refractivity contribution < 1.29 is 4.79 Å². The van der Waals surface area contributed by atoms with E-state index in [-0.39, 0.29) is 5.78 Å². The molecule has 2 rings (SSSR count). The van der Waals surface area contributed by atoms with Gasteiger partial charge in [-0.25, -0.2) is 0 Å².